The molecule has 0 fully saturated rings. The molecule has 1 atom stereocenters. The minimum Gasteiger partial charge on any atom is -0.382 e. The summed E-state index contributed by atoms with van der Waals surface area (Å²) in [4.78, 5) is 11.9. The molecule has 0 heterocycles. The summed E-state index contributed by atoms with van der Waals surface area (Å²) in [6, 6.07) is 7.25. The van der Waals surface area contributed by atoms with Crippen LogP contribution in [0.5, 0.6) is 0 Å². The predicted molar refractivity (Wildman–Crippen MR) is 66.4 cm³/mol. The van der Waals surface area contributed by atoms with Crippen molar-refractivity contribution in [3.05, 3.63) is 41.5 Å². The molecule has 1 unspecified atom stereocenters. The molecule has 0 spiro atoms. The van der Waals surface area contributed by atoms with Gasteiger partial charge in [-0.2, -0.15) is 0 Å². The maximum Gasteiger partial charge on any atom is 0.194 e. The highest BCUT2D eigenvalue weighted by molar-refractivity contribution is 6.02. The number of aliphatic hydroxyl groups is 1. The molecule has 0 saturated carbocycles. The van der Waals surface area contributed by atoms with Crippen LogP contribution in [0.4, 0.5) is 0 Å². The summed E-state index contributed by atoms with van der Waals surface area (Å²) in [5, 5.41) is 9.85. The average Bonchev–Trinajstić information content (AvgIpc) is 2.29. The van der Waals surface area contributed by atoms with Crippen LogP contribution in [0.15, 0.2) is 30.3 Å². The Balaban J connectivity index is 2.94. The van der Waals surface area contributed by atoms with Crippen molar-refractivity contribution in [2.45, 2.75) is 32.8 Å². The first-order valence-corrected chi connectivity index (χ1v) is 5.51. The third kappa shape index (κ3) is 2.80. The first-order chi connectivity index (χ1) is 7.51. The second kappa shape index (κ2) is 5.08. The zero-order valence-corrected chi connectivity index (χ0v) is 10.0. The maximum atomic E-state index is 11.9. The zero-order chi connectivity index (χ0) is 12.2. The van der Waals surface area contributed by atoms with Gasteiger partial charge in [-0.15, -0.1) is 0 Å². The Labute approximate surface area is 96.6 Å². The van der Waals surface area contributed by atoms with Gasteiger partial charge in [0.1, 0.15) is 5.60 Å². The summed E-state index contributed by atoms with van der Waals surface area (Å²) in [7, 11) is 0. The molecule has 2 heteroatoms. The third-order valence-corrected chi connectivity index (χ3v) is 2.71. The van der Waals surface area contributed by atoms with Gasteiger partial charge in [-0.1, -0.05) is 43.3 Å². The Bertz CT molecular complexity index is 386. The van der Waals surface area contributed by atoms with Gasteiger partial charge in [-0.25, -0.2) is 0 Å². The van der Waals surface area contributed by atoms with E-state index in [4.69, 9.17) is 0 Å². The summed E-state index contributed by atoms with van der Waals surface area (Å²) in [6.45, 7) is 5.29. The van der Waals surface area contributed by atoms with E-state index in [0.29, 0.717) is 12.0 Å². The highest BCUT2D eigenvalue weighted by Gasteiger charge is 2.28. The van der Waals surface area contributed by atoms with Crippen LogP contribution >= 0.6 is 0 Å². The molecule has 1 aromatic rings. The molecule has 2 nitrogen and oxygen atoms in total. The molecule has 0 bridgehead atoms. The van der Waals surface area contributed by atoms with E-state index in [9.17, 15) is 9.90 Å². The van der Waals surface area contributed by atoms with E-state index in [-0.39, 0.29) is 5.78 Å². The van der Waals surface area contributed by atoms with Crippen LogP contribution in [-0.4, -0.2) is 16.5 Å². The first-order valence-electron chi connectivity index (χ1n) is 5.51. The molecule has 1 aromatic carbocycles. The summed E-state index contributed by atoms with van der Waals surface area (Å²) < 4.78 is 0. The van der Waals surface area contributed by atoms with E-state index >= 15 is 0 Å². The standard InChI is InChI=1S/C14H18O2/c1-4-6-11-7-9-12(10-8-11)13(15)14(3,16)5-2/h4,6-10,16H,5H2,1-3H3. The van der Waals surface area contributed by atoms with Crippen LogP contribution in [0.3, 0.4) is 0 Å². The lowest BCUT2D eigenvalue weighted by Gasteiger charge is -2.19. The van der Waals surface area contributed by atoms with Crippen LogP contribution in [0.1, 0.15) is 43.1 Å². The predicted octanol–water partition coefficient (Wildman–Crippen LogP) is 3.06. The van der Waals surface area contributed by atoms with Crippen molar-refractivity contribution in [1.82, 2.24) is 0 Å². The van der Waals surface area contributed by atoms with Gasteiger partial charge in [0, 0.05) is 5.56 Å². The largest absolute Gasteiger partial charge is 0.382 e. The first kappa shape index (κ1) is 12.7. The number of benzene rings is 1. The highest BCUT2D eigenvalue weighted by atomic mass is 16.3. The Morgan fingerprint density at radius 1 is 1.38 bits per heavy atom. The van der Waals surface area contributed by atoms with E-state index in [1.165, 1.54) is 0 Å². The number of hydrogen-bond acceptors (Lipinski definition) is 2. The van der Waals surface area contributed by atoms with Crippen molar-refractivity contribution < 1.29 is 9.90 Å². The summed E-state index contributed by atoms with van der Waals surface area (Å²) >= 11 is 0. The van der Waals surface area contributed by atoms with E-state index in [2.05, 4.69) is 0 Å². The molecule has 0 aromatic heterocycles. The summed E-state index contributed by atoms with van der Waals surface area (Å²) in [5.74, 6) is -0.220. The lowest BCUT2D eigenvalue weighted by atomic mass is 9.92. The van der Waals surface area contributed by atoms with Gasteiger partial charge >= 0.3 is 0 Å². The van der Waals surface area contributed by atoms with E-state index in [1.54, 1.807) is 26.0 Å². The monoisotopic (exact) mass is 218 g/mol. The highest BCUT2D eigenvalue weighted by Crippen LogP contribution is 2.17. The van der Waals surface area contributed by atoms with Crippen molar-refractivity contribution in [2.24, 2.45) is 0 Å². The topological polar surface area (TPSA) is 37.3 Å². The number of ketones is 1. The van der Waals surface area contributed by atoms with Gasteiger partial charge < -0.3 is 5.11 Å². The van der Waals surface area contributed by atoms with E-state index in [0.717, 1.165) is 5.56 Å². The minimum atomic E-state index is -1.26. The second-order valence-corrected chi connectivity index (χ2v) is 4.08. The summed E-state index contributed by atoms with van der Waals surface area (Å²) in [5.41, 5.74) is 0.345. The van der Waals surface area contributed by atoms with Crippen molar-refractivity contribution in [2.75, 3.05) is 0 Å². The normalized spacial score (nSPS) is 15.0. The molecule has 0 radical (unpaired) electrons. The molecule has 0 aliphatic rings. The molecule has 86 valence electrons. The van der Waals surface area contributed by atoms with Crippen LogP contribution in [-0.2, 0) is 0 Å². The fourth-order valence-corrected chi connectivity index (χ4v) is 1.41. The Morgan fingerprint density at radius 3 is 2.38 bits per heavy atom. The molecular weight excluding hydrogens is 200 g/mol. The average molecular weight is 218 g/mol. The number of hydrogen-bond donors (Lipinski definition) is 1. The number of carbonyl (C=O) groups excluding carboxylic acids is 1. The smallest absolute Gasteiger partial charge is 0.194 e. The molecule has 1 N–H and O–H groups in total. The zero-order valence-electron chi connectivity index (χ0n) is 10.0. The lowest BCUT2D eigenvalue weighted by Crippen LogP contribution is -2.34. The summed E-state index contributed by atoms with van der Waals surface area (Å²) in [6.07, 6.45) is 4.33. The van der Waals surface area contributed by atoms with E-state index < -0.39 is 5.60 Å². The Morgan fingerprint density at radius 2 is 1.94 bits per heavy atom. The number of rotatable bonds is 4. The molecule has 0 aliphatic carbocycles. The van der Waals surface area contributed by atoms with Gasteiger partial charge in [-0.05, 0) is 25.8 Å². The van der Waals surface area contributed by atoms with Crippen molar-refractivity contribution >= 4 is 11.9 Å². The molecule has 16 heavy (non-hydrogen) atoms. The Hall–Kier alpha value is -1.41. The molecule has 0 amide bonds. The fraction of sp³-hybridized carbons (Fsp3) is 0.357. The quantitative estimate of drug-likeness (QED) is 0.788. The molecule has 0 aliphatic heterocycles. The molecular formula is C14H18O2. The maximum absolute atomic E-state index is 11.9. The van der Waals surface area contributed by atoms with Crippen molar-refractivity contribution in [3.63, 3.8) is 0 Å². The van der Waals surface area contributed by atoms with Crippen LogP contribution in [0.25, 0.3) is 6.08 Å². The van der Waals surface area contributed by atoms with Crippen LogP contribution < -0.4 is 0 Å². The third-order valence-electron chi connectivity index (χ3n) is 2.71. The van der Waals surface area contributed by atoms with Crippen molar-refractivity contribution in [1.29, 1.82) is 0 Å². The fourth-order valence-electron chi connectivity index (χ4n) is 1.41. The second-order valence-electron chi connectivity index (χ2n) is 4.08. The van der Waals surface area contributed by atoms with E-state index in [1.807, 2.05) is 31.2 Å². The van der Waals surface area contributed by atoms with Crippen molar-refractivity contribution in [3.8, 4) is 0 Å². The van der Waals surface area contributed by atoms with Gasteiger partial charge in [0.2, 0.25) is 0 Å². The number of carbonyl (C=O) groups is 1. The number of allylic oxidation sites excluding steroid dienone is 1. The van der Waals surface area contributed by atoms with Gasteiger partial charge in [0.05, 0.1) is 0 Å². The SMILES string of the molecule is CC=Cc1ccc(C(=O)C(C)(O)CC)cc1. The van der Waals surface area contributed by atoms with Gasteiger partial charge in [0.25, 0.3) is 0 Å². The van der Waals surface area contributed by atoms with Gasteiger partial charge in [-0.3, -0.25) is 4.79 Å². The molecule has 1 rings (SSSR count). The minimum absolute atomic E-state index is 0.220. The Kier molecular flexibility index (Phi) is 4.02. The van der Waals surface area contributed by atoms with Crippen LogP contribution in [0, 0.1) is 0 Å². The number of Topliss-reactive ketones (excluding diaryl/α,β-unsaturated/α-hetero) is 1. The molecule has 0 saturated heterocycles. The van der Waals surface area contributed by atoms with Gasteiger partial charge in [0.15, 0.2) is 5.78 Å². The van der Waals surface area contributed by atoms with Crippen LogP contribution in [0.2, 0.25) is 0 Å². The lowest BCUT2D eigenvalue weighted by molar-refractivity contribution is 0.0390.